The molecule has 2 aromatic rings. The number of hydrazine groups is 1. The zero-order valence-corrected chi connectivity index (χ0v) is 13.3. The highest BCUT2D eigenvalue weighted by Crippen LogP contribution is 2.31. The van der Waals surface area contributed by atoms with Crippen LogP contribution in [0, 0.1) is 0 Å². The summed E-state index contributed by atoms with van der Waals surface area (Å²) >= 11 is 9.47. The van der Waals surface area contributed by atoms with Gasteiger partial charge in [0.15, 0.2) is 0 Å². The van der Waals surface area contributed by atoms with Gasteiger partial charge in [0.2, 0.25) is 0 Å². The molecule has 0 amide bonds. The van der Waals surface area contributed by atoms with Gasteiger partial charge in [-0.25, -0.2) is 5.43 Å². The molecule has 4 nitrogen and oxygen atoms in total. The third kappa shape index (κ3) is 3.49. The molecule has 1 unspecified atom stereocenters. The number of hydrogen-bond donors (Lipinski definition) is 2. The minimum absolute atomic E-state index is 0.199. The molecule has 0 saturated carbocycles. The predicted molar refractivity (Wildman–Crippen MR) is 83.7 cm³/mol. The first-order valence-electron chi connectivity index (χ1n) is 6.14. The van der Waals surface area contributed by atoms with Gasteiger partial charge < -0.3 is 4.74 Å². The van der Waals surface area contributed by atoms with Crippen molar-refractivity contribution in [3.8, 4) is 5.75 Å². The molecule has 1 heterocycles. The molecule has 0 aliphatic carbocycles. The first-order chi connectivity index (χ1) is 9.65. The second kappa shape index (κ2) is 7.04. The molecule has 0 spiro atoms. The lowest BCUT2D eigenvalue weighted by atomic mass is 10.0. The SMILES string of the molecule is CCOc1cncc(C(NN)c2ccc(Cl)cc2Br)c1. The summed E-state index contributed by atoms with van der Waals surface area (Å²) in [7, 11) is 0. The number of pyridine rings is 1. The van der Waals surface area contributed by atoms with Crippen LogP contribution in [0.5, 0.6) is 5.75 Å². The Morgan fingerprint density at radius 3 is 2.85 bits per heavy atom. The van der Waals surface area contributed by atoms with E-state index in [-0.39, 0.29) is 6.04 Å². The summed E-state index contributed by atoms with van der Waals surface area (Å²) in [5.74, 6) is 6.41. The molecule has 0 aliphatic rings. The zero-order chi connectivity index (χ0) is 14.5. The average Bonchev–Trinajstić information content (AvgIpc) is 2.43. The van der Waals surface area contributed by atoms with E-state index in [0.29, 0.717) is 11.6 Å². The Balaban J connectivity index is 2.38. The number of hydrogen-bond acceptors (Lipinski definition) is 4. The Hall–Kier alpha value is -1.14. The molecule has 2 rings (SSSR count). The quantitative estimate of drug-likeness (QED) is 0.636. The molecule has 20 heavy (non-hydrogen) atoms. The molecule has 3 N–H and O–H groups in total. The summed E-state index contributed by atoms with van der Waals surface area (Å²) in [5.41, 5.74) is 4.69. The molecule has 1 aromatic carbocycles. The van der Waals surface area contributed by atoms with E-state index in [2.05, 4.69) is 26.3 Å². The highest BCUT2D eigenvalue weighted by Gasteiger charge is 2.16. The fourth-order valence-electron chi connectivity index (χ4n) is 1.94. The van der Waals surface area contributed by atoms with E-state index in [4.69, 9.17) is 22.2 Å². The number of halogens is 2. The fourth-order valence-corrected chi connectivity index (χ4v) is 2.85. The maximum atomic E-state index is 5.96. The Morgan fingerprint density at radius 1 is 1.40 bits per heavy atom. The van der Waals surface area contributed by atoms with Crippen LogP contribution in [0.1, 0.15) is 24.1 Å². The van der Waals surface area contributed by atoms with Crippen molar-refractivity contribution in [1.29, 1.82) is 0 Å². The number of rotatable bonds is 5. The van der Waals surface area contributed by atoms with Gasteiger partial charge in [-0.2, -0.15) is 0 Å². The summed E-state index contributed by atoms with van der Waals surface area (Å²) < 4.78 is 6.35. The van der Waals surface area contributed by atoms with Crippen molar-refractivity contribution in [3.63, 3.8) is 0 Å². The van der Waals surface area contributed by atoms with Crippen molar-refractivity contribution in [2.75, 3.05) is 6.61 Å². The van der Waals surface area contributed by atoms with Crippen molar-refractivity contribution in [2.24, 2.45) is 5.84 Å². The summed E-state index contributed by atoms with van der Waals surface area (Å²) in [6, 6.07) is 7.30. The summed E-state index contributed by atoms with van der Waals surface area (Å²) in [5, 5.41) is 0.664. The number of ether oxygens (including phenoxy) is 1. The van der Waals surface area contributed by atoms with Crippen molar-refractivity contribution < 1.29 is 4.74 Å². The third-order valence-electron chi connectivity index (χ3n) is 2.82. The second-order valence-corrected chi connectivity index (χ2v) is 5.44. The maximum absolute atomic E-state index is 5.96. The maximum Gasteiger partial charge on any atom is 0.137 e. The van der Waals surface area contributed by atoms with Crippen LogP contribution in [-0.2, 0) is 0 Å². The van der Waals surface area contributed by atoms with Crippen molar-refractivity contribution in [3.05, 3.63) is 57.3 Å². The third-order valence-corrected chi connectivity index (χ3v) is 3.74. The smallest absolute Gasteiger partial charge is 0.137 e. The predicted octanol–water partition coefficient (Wildman–Crippen LogP) is 3.45. The lowest BCUT2D eigenvalue weighted by molar-refractivity contribution is 0.338. The second-order valence-electron chi connectivity index (χ2n) is 4.15. The van der Waals surface area contributed by atoms with Gasteiger partial charge in [-0.15, -0.1) is 0 Å². The van der Waals surface area contributed by atoms with Crippen LogP contribution in [-0.4, -0.2) is 11.6 Å². The topological polar surface area (TPSA) is 60.2 Å². The number of nitrogens with two attached hydrogens (primary N) is 1. The van der Waals surface area contributed by atoms with Crippen LogP contribution in [0.25, 0.3) is 0 Å². The van der Waals surface area contributed by atoms with Gasteiger partial charge in [0.05, 0.1) is 18.8 Å². The van der Waals surface area contributed by atoms with Crippen LogP contribution in [0.15, 0.2) is 41.1 Å². The molecular weight excluding hydrogens is 342 g/mol. The van der Waals surface area contributed by atoms with Crippen LogP contribution in [0.3, 0.4) is 0 Å². The Kier molecular flexibility index (Phi) is 5.37. The van der Waals surface area contributed by atoms with Gasteiger partial charge in [0.25, 0.3) is 0 Å². The van der Waals surface area contributed by atoms with Crippen molar-refractivity contribution >= 4 is 27.5 Å². The number of nitrogens with zero attached hydrogens (tertiary/aromatic N) is 1. The first kappa shape index (κ1) is 15.3. The summed E-state index contributed by atoms with van der Waals surface area (Å²) in [4.78, 5) is 4.18. The summed E-state index contributed by atoms with van der Waals surface area (Å²) in [6.07, 6.45) is 3.44. The van der Waals surface area contributed by atoms with E-state index in [1.165, 1.54) is 0 Å². The van der Waals surface area contributed by atoms with E-state index in [1.54, 1.807) is 12.4 Å². The van der Waals surface area contributed by atoms with Gasteiger partial charge in [0.1, 0.15) is 5.75 Å². The van der Waals surface area contributed by atoms with Gasteiger partial charge in [-0.3, -0.25) is 10.8 Å². The highest BCUT2D eigenvalue weighted by atomic mass is 79.9. The van der Waals surface area contributed by atoms with E-state index in [0.717, 1.165) is 21.3 Å². The Bertz CT molecular complexity index is 594. The van der Waals surface area contributed by atoms with Crippen molar-refractivity contribution in [1.82, 2.24) is 10.4 Å². The average molecular weight is 357 g/mol. The standard InChI is InChI=1S/C14H15BrClN3O/c1-2-20-11-5-9(7-18-8-11)14(19-17)12-4-3-10(16)6-13(12)15/h3-8,14,19H,2,17H2,1H3. The Morgan fingerprint density at radius 2 is 2.20 bits per heavy atom. The van der Waals surface area contributed by atoms with Gasteiger partial charge in [-0.05, 0) is 36.2 Å². The fraction of sp³-hybridized carbons (Fsp3) is 0.214. The molecule has 1 atom stereocenters. The molecule has 106 valence electrons. The van der Waals surface area contributed by atoms with Gasteiger partial charge in [0, 0.05) is 15.7 Å². The molecule has 0 radical (unpaired) electrons. The highest BCUT2D eigenvalue weighted by molar-refractivity contribution is 9.10. The van der Waals surface area contributed by atoms with E-state index in [9.17, 15) is 0 Å². The molecule has 0 fully saturated rings. The minimum atomic E-state index is -0.199. The van der Waals surface area contributed by atoms with Gasteiger partial charge >= 0.3 is 0 Å². The number of nitrogens with one attached hydrogen (secondary N) is 1. The van der Waals surface area contributed by atoms with Crippen molar-refractivity contribution in [2.45, 2.75) is 13.0 Å². The van der Waals surface area contributed by atoms with E-state index < -0.39 is 0 Å². The molecule has 0 saturated heterocycles. The number of benzene rings is 1. The molecule has 6 heteroatoms. The van der Waals surface area contributed by atoms with Crippen LogP contribution in [0.2, 0.25) is 5.02 Å². The molecular formula is C14H15BrClN3O. The number of aromatic nitrogens is 1. The lowest BCUT2D eigenvalue weighted by Crippen LogP contribution is -2.29. The van der Waals surface area contributed by atoms with E-state index >= 15 is 0 Å². The molecule has 0 bridgehead atoms. The lowest BCUT2D eigenvalue weighted by Gasteiger charge is -2.19. The molecule has 1 aromatic heterocycles. The minimum Gasteiger partial charge on any atom is -0.492 e. The largest absolute Gasteiger partial charge is 0.492 e. The summed E-state index contributed by atoms with van der Waals surface area (Å²) in [6.45, 7) is 2.53. The van der Waals surface area contributed by atoms with Crippen LogP contribution < -0.4 is 16.0 Å². The van der Waals surface area contributed by atoms with Crippen LogP contribution in [0.4, 0.5) is 0 Å². The van der Waals surface area contributed by atoms with Gasteiger partial charge in [-0.1, -0.05) is 33.6 Å². The first-order valence-corrected chi connectivity index (χ1v) is 7.31. The zero-order valence-electron chi connectivity index (χ0n) is 10.9. The Labute approximate surface area is 131 Å². The monoisotopic (exact) mass is 355 g/mol. The van der Waals surface area contributed by atoms with E-state index in [1.807, 2.05) is 31.2 Å². The normalized spacial score (nSPS) is 12.2. The molecule has 0 aliphatic heterocycles. The van der Waals surface area contributed by atoms with Crippen LogP contribution >= 0.6 is 27.5 Å².